The molecule has 0 spiro atoms. The van der Waals surface area contributed by atoms with Gasteiger partial charge in [-0.15, -0.1) is 0 Å². The zero-order chi connectivity index (χ0) is 20.3. The highest BCUT2D eigenvalue weighted by Gasteiger charge is 2.23. The maximum atomic E-state index is 12.2. The van der Waals surface area contributed by atoms with Gasteiger partial charge in [-0.3, -0.25) is 4.79 Å². The molecule has 1 saturated heterocycles. The smallest absolute Gasteiger partial charge is 0.344 e. The molecule has 3 rings (SSSR count). The van der Waals surface area contributed by atoms with Gasteiger partial charge in [0.25, 0.3) is 5.91 Å². The van der Waals surface area contributed by atoms with Crippen LogP contribution in [0.3, 0.4) is 0 Å². The van der Waals surface area contributed by atoms with Crippen LogP contribution in [-0.2, 0) is 9.59 Å². The third-order valence-corrected chi connectivity index (χ3v) is 5.12. The van der Waals surface area contributed by atoms with Crippen LogP contribution >= 0.6 is 11.8 Å². The molecule has 1 unspecified atom stereocenters. The first-order chi connectivity index (χ1) is 13.3. The number of nitrogens with one attached hydrogen (secondary N) is 1. The van der Waals surface area contributed by atoms with Crippen molar-refractivity contribution in [2.24, 2.45) is 4.99 Å². The lowest BCUT2D eigenvalue weighted by Crippen LogP contribution is -2.22. The number of amidine groups is 1. The van der Waals surface area contributed by atoms with Gasteiger partial charge in [-0.05, 0) is 79.6 Å². The molecule has 7 heteroatoms. The Morgan fingerprint density at radius 1 is 1.18 bits per heavy atom. The molecule has 0 bridgehead atoms. The van der Waals surface area contributed by atoms with E-state index in [2.05, 4.69) is 10.3 Å². The van der Waals surface area contributed by atoms with Gasteiger partial charge in [0.1, 0.15) is 5.75 Å². The van der Waals surface area contributed by atoms with E-state index in [0.717, 1.165) is 16.8 Å². The molecule has 144 valence electrons. The lowest BCUT2D eigenvalue weighted by molar-refractivity contribution is -0.144. The Morgan fingerprint density at radius 2 is 1.89 bits per heavy atom. The topological polar surface area (TPSA) is 88.0 Å². The second-order valence-corrected chi connectivity index (χ2v) is 7.45. The summed E-state index contributed by atoms with van der Waals surface area (Å²) in [4.78, 5) is 28.1. The fourth-order valence-corrected chi connectivity index (χ4v) is 3.28. The zero-order valence-corrected chi connectivity index (χ0v) is 16.5. The molecule has 2 aromatic rings. The van der Waals surface area contributed by atoms with Crippen LogP contribution in [0.5, 0.6) is 5.75 Å². The van der Waals surface area contributed by atoms with E-state index in [-0.39, 0.29) is 5.91 Å². The number of aliphatic carboxylic acids is 1. The third kappa shape index (κ3) is 4.80. The SMILES string of the molecule is Cc1ccc(N=C2NC(=O)/C(=C\c3ccc(OC(C)C(=O)O)cc3)S2)cc1C. The molecule has 2 aromatic carbocycles. The monoisotopic (exact) mass is 396 g/mol. The van der Waals surface area contributed by atoms with Crippen LogP contribution in [0.2, 0.25) is 0 Å². The van der Waals surface area contributed by atoms with E-state index in [1.807, 2.05) is 32.0 Å². The first-order valence-corrected chi connectivity index (χ1v) is 9.50. The molecule has 1 aliphatic heterocycles. The second kappa shape index (κ2) is 8.31. The molecular formula is C21H20N2O4S. The van der Waals surface area contributed by atoms with E-state index >= 15 is 0 Å². The molecule has 2 N–H and O–H groups in total. The maximum Gasteiger partial charge on any atom is 0.344 e. The van der Waals surface area contributed by atoms with Crippen molar-refractivity contribution in [1.82, 2.24) is 5.32 Å². The number of carbonyl (C=O) groups excluding carboxylic acids is 1. The highest BCUT2D eigenvalue weighted by atomic mass is 32.2. The number of carboxylic acid groups (broad SMARTS) is 1. The number of aryl methyl sites for hydroxylation is 2. The number of thioether (sulfide) groups is 1. The minimum atomic E-state index is -1.03. The minimum Gasteiger partial charge on any atom is -0.479 e. The number of amides is 1. The Hall–Kier alpha value is -3.06. The molecule has 1 fully saturated rings. The average Bonchev–Trinajstić information content (AvgIpc) is 2.98. The predicted octanol–water partition coefficient (Wildman–Crippen LogP) is 4.05. The Balaban J connectivity index is 1.72. The van der Waals surface area contributed by atoms with Gasteiger partial charge in [-0.25, -0.2) is 9.79 Å². The number of hydrogen-bond donors (Lipinski definition) is 2. The molecule has 1 heterocycles. The Kier molecular flexibility index (Phi) is 5.84. The summed E-state index contributed by atoms with van der Waals surface area (Å²) < 4.78 is 5.30. The fraction of sp³-hybridized carbons (Fsp3) is 0.190. The second-order valence-electron chi connectivity index (χ2n) is 6.42. The van der Waals surface area contributed by atoms with Gasteiger partial charge < -0.3 is 15.2 Å². The van der Waals surface area contributed by atoms with Gasteiger partial charge in [0.15, 0.2) is 11.3 Å². The van der Waals surface area contributed by atoms with Gasteiger partial charge in [0, 0.05) is 0 Å². The normalized spacial score (nSPS) is 17.6. The van der Waals surface area contributed by atoms with Crippen molar-refractivity contribution < 1.29 is 19.4 Å². The first kappa shape index (κ1) is 19.7. The van der Waals surface area contributed by atoms with Crippen molar-refractivity contribution >= 4 is 40.6 Å². The van der Waals surface area contributed by atoms with Crippen LogP contribution in [0.25, 0.3) is 6.08 Å². The van der Waals surface area contributed by atoms with E-state index < -0.39 is 12.1 Å². The van der Waals surface area contributed by atoms with Crippen molar-refractivity contribution in [3.63, 3.8) is 0 Å². The van der Waals surface area contributed by atoms with Gasteiger partial charge in [-0.2, -0.15) is 0 Å². The summed E-state index contributed by atoms with van der Waals surface area (Å²) in [7, 11) is 0. The number of rotatable bonds is 5. The largest absolute Gasteiger partial charge is 0.479 e. The van der Waals surface area contributed by atoms with Crippen molar-refractivity contribution in [3.05, 3.63) is 64.1 Å². The molecule has 0 aromatic heterocycles. The van der Waals surface area contributed by atoms with Crippen LogP contribution in [0.1, 0.15) is 23.6 Å². The third-order valence-electron chi connectivity index (χ3n) is 4.21. The number of aliphatic imine (C=N–C) groups is 1. The molecule has 28 heavy (non-hydrogen) atoms. The summed E-state index contributed by atoms with van der Waals surface area (Å²) in [5.74, 6) is -0.772. The van der Waals surface area contributed by atoms with Crippen molar-refractivity contribution in [1.29, 1.82) is 0 Å². The summed E-state index contributed by atoms with van der Waals surface area (Å²) in [5.41, 5.74) is 3.94. The molecule has 0 aliphatic carbocycles. The van der Waals surface area contributed by atoms with Crippen LogP contribution < -0.4 is 10.1 Å². The van der Waals surface area contributed by atoms with Crippen LogP contribution in [0.15, 0.2) is 52.4 Å². The first-order valence-electron chi connectivity index (χ1n) is 8.68. The van der Waals surface area contributed by atoms with Gasteiger partial charge in [-0.1, -0.05) is 18.2 Å². The standard InChI is InChI=1S/C21H20N2O4S/c1-12-4-7-16(10-13(12)2)22-21-23-19(24)18(28-21)11-15-5-8-17(9-6-15)27-14(3)20(25)26/h4-11,14H,1-3H3,(H,25,26)(H,22,23,24)/b18-11+. The maximum absolute atomic E-state index is 12.2. The molecule has 1 amide bonds. The Bertz CT molecular complexity index is 980. The van der Waals surface area contributed by atoms with E-state index in [1.54, 1.807) is 30.3 Å². The van der Waals surface area contributed by atoms with Crippen LogP contribution in [0.4, 0.5) is 5.69 Å². The summed E-state index contributed by atoms with van der Waals surface area (Å²) in [6, 6.07) is 12.8. The summed E-state index contributed by atoms with van der Waals surface area (Å²) in [6.45, 7) is 5.53. The molecule has 6 nitrogen and oxygen atoms in total. The molecule has 1 aliphatic rings. The average molecular weight is 396 g/mol. The van der Waals surface area contributed by atoms with E-state index in [1.165, 1.54) is 24.2 Å². The number of carboxylic acids is 1. The fourth-order valence-electron chi connectivity index (χ4n) is 2.44. The Morgan fingerprint density at radius 3 is 2.54 bits per heavy atom. The van der Waals surface area contributed by atoms with E-state index in [0.29, 0.717) is 15.8 Å². The minimum absolute atomic E-state index is 0.201. The summed E-state index contributed by atoms with van der Waals surface area (Å²) >= 11 is 1.28. The number of carbonyl (C=O) groups is 2. The molecule has 0 radical (unpaired) electrons. The van der Waals surface area contributed by atoms with Crippen molar-refractivity contribution in [3.8, 4) is 5.75 Å². The predicted molar refractivity (Wildman–Crippen MR) is 111 cm³/mol. The van der Waals surface area contributed by atoms with Crippen LogP contribution in [0, 0.1) is 13.8 Å². The van der Waals surface area contributed by atoms with Crippen molar-refractivity contribution in [2.75, 3.05) is 0 Å². The summed E-state index contributed by atoms with van der Waals surface area (Å²) in [6.07, 6.45) is 0.831. The molecule has 0 saturated carbocycles. The lowest BCUT2D eigenvalue weighted by atomic mass is 10.1. The van der Waals surface area contributed by atoms with E-state index in [9.17, 15) is 9.59 Å². The number of hydrogen-bond acceptors (Lipinski definition) is 5. The highest BCUT2D eigenvalue weighted by molar-refractivity contribution is 8.18. The quantitative estimate of drug-likeness (QED) is 0.745. The Labute approximate surface area is 167 Å². The number of benzene rings is 2. The van der Waals surface area contributed by atoms with Crippen LogP contribution in [-0.4, -0.2) is 28.3 Å². The van der Waals surface area contributed by atoms with Gasteiger partial charge >= 0.3 is 5.97 Å². The van der Waals surface area contributed by atoms with Crippen molar-refractivity contribution in [2.45, 2.75) is 26.9 Å². The molecular weight excluding hydrogens is 376 g/mol. The molecule has 1 atom stereocenters. The van der Waals surface area contributed by atoms with E-state index in [4.69, 9.17) is 9.84 Å². The van der Waals surface area contributed by atoms with Gasteiger partial charge in [0.2, 0.25) is 0 Å². The lowest BCUT2D eigenvalue weighted by Gasteiger charge is -2.10. The zero-order valence-electron chi connectivity index (χ0n) is 15.7. The summed E-state index contributed by atoms with van der Waals surface area (Å²) in [5, 5.41) is 12.2. The number of nitrogens with zero attached hydrogens (tertiary/aromatic N) is 1. The van der Waals surface area contributed by atoms with Gasteiger partial charge in [0.05, 0.1) is 10.6 Å². The number of ether oxygens (including phenoxy) is 1. The highest BCUT2D eigenvalue weighted by Crippen LogP contribution is 2.29.